The average Bonchev–Trinajstić information content (AvgIpc) is 2.63. The Morgan fingerprint density at radius 3 is 2.29 bits per heavy atom. The zero-order chi connectivity index (χ0) is 17.5. The van der Waals surface area contributed by atoms with Gasteiger partial charge in [0, 0.05) is 11.3 Å². The topological polar surface area (TPSA) is 70.4 Å². The predicted octanol–water partition coefficient (Wildman–Crippen LogP) is 3.42. The van der Waals surface area contributed by atoms with Crippen molar-refractivity contribution in [2.45, 2.75) is 26.1 Å². The van der Waals surface area contributed by atoms with Crippen molar-refractivity contribution >= 4 is 17.9 Å². The highest BCUT2D eigenvalue weighted by Gasteiger charge is 2.24. The summed E-state index contributed by atoms with van der Waals surface area (Å²) in [7, 11) is 0. The number of anilines is 1. The first-order valence-corrected chi connectivity index (χ1v) is 7.56. The van der Waals surface area contributed by atoms with Crippen LogP contribution in [0.2, 0.25) is 0 Å². The zero-order valence-corrected chi connectivity index (χ0v) is 13.5. The predicted molar refractivity (Wildman–Crippen MR) is 90.7 cm³/mol. The van der Waals surface area contributed by atoms with Crippen LogP contribution in [-0.4, -0.2) is 24.5 Å². The smallest absolute Gasteiger partial charge is 0.340 e. The Balaban J connectivity index is 2.22. The fourth-order valence-electron chi connectivity index (χ4n) is 2.39. The molecule has 122 valence electrons. The minimum absolute atomic E-state index is 0.449. The molecule has 0 N–H and O–H groups in total. The van der Waals surface area contributed by atoms with Crippen LogP contribution in [0.1, 0.15) is 34.6 Å². The molecule has 2 aromatic carbocycles. The number of aldehydes is 1. The highest BCUT2D eigenvalue weighted by atomic mass is 16.6. The summed E-state index contributed by atoms with van der Waals surface area (Å²) in [5.74, 6) is -0.456. The van der Waals surface area contributed by atoms with E-state index in [2.05, 4.69) is 6.07 Å². The van der Waals surface area contributed by atoms with Crippen molar-refractivity contribution in [3.63, 3.8) is 0 Å². The van der Waals surface area contributed by atoms with Crippen molar-refractivity contribution in [3.05, 3.63) is 65.7 Å². The Labute approximate surface area is 141 Å². The second-order valence-electron chi connectivity index (χ2n) is 5.29. The molecule has 24 heavy (non-hydrogen) atoms. The van der Waals surface area contributed by atoms with Crippen LogP contribution in [0.5, 0.6) is 0 Å². The highest BCUT2D eigenvalue weighted by molar-refractivity contribution is 5.89. The largest absolute Gasteiger partial charge is 0.438 e. The van der Waals surface area contributed by atoms with Crippen molar-refractivity contribution in [1.82, 2.24) is 0 Å². The summed E-state index contributed by atoms with van der Waals surface area (Å²) in [5.41, 5.74) is 1.69. The second kappa shape index (κ2) is 7.93. The van der Waals surface area contributed by atoms with E-state index in [0.717, 1.165) is 6.29 Å². The van der Waals surface area contributed by atoms with Crippen molar-refractivity contribution in [2.24, 2.45) is 0 Å². The molecule has 5 nitrogen and oxygen atoms in total. The molecule has 0 aromatic heterocycles. The lowest BCUT2D eigenvalue weighted by Gasteiger charge is -2.32. The Kier molecular flexibility index (Phi) is 5.69. The Morgan fingerprint density at radius 2 is 1.75 bits per heavy atom. The third-order valence-electron chi connectivity index (χ3n) is 3.61. The molecular formula is C19H18N2O3. The number of esters is 1. The van der Waals surface area contributed by atoms with Gasteiger partial charge in [0.05, 0.1) is 11.6 Å². The second-order valence-corrected chi connectivity index (χ2v) is 5.29. The maximum Gasteiger partial charge on any atom is 0.340 e. The first kappa shape index (κ1) is 17.2. The molecule has 0 bridgehead atoms. The van der Waals surface area contributed by atoms with Crippen LogP contribution in [0, 0.1) is 11.3 Å². The lowest BCUT2D eigenvalue weighted by molar-refractivity contribution is 0.0327. The molecule has 0 saturated carbocycles. The van der Waals surface area contributed by atoms with E-state index >= 15 is 0 Å². The van der Waals surface area contributed by atoms with Gasteiger partial charge in [0.25, 0.3) is 0 Å². The maximum atomic E-state index is 12.2. The Bertz CT molecular complexity index is 735. The van der Waals surface area contributed by atoms with E-state index in [1.807, 2.05) is 6.07 Å². The standard InChI is InChI=1S/C19H18N2O3/c1-14(12-20)21(18-10-8-16(13-22)9-11-18)15(2)24-19(23)17-6-4-3-5-7-17/h3-11,13-15H,1-2H3. The number of carbonyl (C=O) groups excluding carboxylic acids is 2. The number of nitrogens with zero attached hydrogens (tertiary/aromatic N) is 2. The fraction of sp³-hybridized carbons (Fsp3) is 0.211. The molecule has 0 fully saturated rings. The first-order chi connectivity index (χ1) is 11.6. The van der Waals surface area contributed by atoms with Gasteiger partial charge in [-0.15, -0.1) is 0 Å². The number of hydrogen-bond donors (Lipinski definition) is 0. The van der Waals surface area contributed by atoms with Crippen LogP contribution in [0.15, 0.2) is 54.6 Å². The van der Waals surface area contributed by atoms with Crippen molar-refractivity contribution in [2.75, 3.05) is 4.90 Å². The van der Waals surface area contributed by atoms with Crippen molar-refractivity contribution in [1.29, 1.82) is 5.26 Å². The quantitative estimate of drug-likeness (QED) is 0.463. The number of hydrogen-bond acceptors (Lipinski definition) is 5. The summed E-state index contributed by atoms with van der Waals surface area (Å²) < 4.78 is 5.50. The molecule has 5 heteroatoms. The number of nitriles is 1. The molecule has 0 saturated heterocycles. The molecule has 2 aromatic rings. The summed E-state index contributed by atoms with van der Waals surface area (Å²) in [6.07, 6.45) is 0.107. The number of rotatable bonds is 6. The molecule has 2 unspecified atom stereocenters. The van der Waals surface area contributed by atoms with Gasteiger partial charge >= 0.3 is 5.97 Å². The lowest BCUT2D eigenvalue weighted by atomic mass is 10.1. The summed E-state index contributed by atoms with van der Waals surface area (Å²) >= 11 is 0. The SMILES string of the molecule is CC(C#N)N(c1ccc(C=O)cc1)C(C)OC(=O)c1ccccc1. The summed E-state index contributed by atoms with van der Waals surface area (Å²) in [6, 6.07) is 17.1. The molecular weight excluding hydrogens is 304 g/mol. The van der Waals surface area contributed by atoms with Gasteiger partial charge in [0.15, 0.2) is 6.23 Å². The minimum Gasteiger partial charge on any atom is -0.438 e. The van der Waals surface area contributed by atoms with Gasteiger partial charge < -0.3 is 9.64 Å². The van der Waals surface area contributed by atoms with Crippen LogP contribution in [0.3, 0.4) is 0 Å². The van der Waals surface area contributed by atoms with E-state index in [0.29, 0.717) is 16.8 Å². The minimum atomic E-state index is -0.644. The van der Waals surface area contributed by atoms with Crippen LogP contribution >= 0.6 is 0 Å². The van der Waals surface area contributed by atoms with Crippen molar-refractivity contribution < 1.29 is 14.3 Å². The number of ether oxygens (including phenoxy) is 1. The van der Waals surface area contributed by atoms with Gasteiger partial charge in [0.1, 0.15) is 12.3 Å². The van der Waals surface area contributed by atoms with Gasteiger partial charge in [-0.05, 0) is 50.2 Å². The molecule has 0 aliphatic heterocycles. The number of benzene rings is 2. The van der Waals surface area contributed by atoms with E-state index in [9.17, 15) is 14.9 Å². The monoisotopic (exact) mass is 322 g/mol. The maximum absolute atomic E-state index is 12.2. The van der Waals surface area contributed by atoms with Crippen LogP contribution < -0.4 is 4.90 Å². The third-order valence-corrected chi connectivity index (χ3v) is 3.61. The Morgan fingerprint density at radius 1 is 1.12 bits per heavy atom. The van der Waals surface area contributed by atoms with E-state index < -0.39 is 18.2 Å². The molecule has 0 radical (unpaired) electrons. The van der Waals surface area contributed by atoms with Gasteiger partial charge in [-0.3, -0.25) is 4.79 Å². The first-order valence-electron chi connectivity index (χ1n) is 7.56. The fourth-order valence-corrected chi connectivity index (χ4v) is 2.39. The molecule has 0 heterocycles. The van der Waals surface area contributed by atoms with E-state index in [1.165, 1.54) is 0 Å². The molecule has 0 amide bonds. The zero-order valence-electron chi connectivity index (χ0n) is 13.5. The van der Waals surface area contributed by atoms with Crippen LogP contribution in [-0.2, 0) is 4.74 Å². The summed E-state index contributed by atoms with van der Waals surface area (Å²) in [5, 5.41) is 9.28. The summed E-state index contributed by atoms with van der Waals surface area (Å²) in [6.45, 7) is 3.43. The normalized spacial score (nSPS) is 12.5. The van der Waals surface area contributed by atoms with Crippen LogP contribution in [0.4, 0.5) is 5.69 Å². The Hall–Kier alpha value is -3.13. The highest BCUT2D eigenvalue weighted by Crippen LogP contribution is 2.22. The van der Waals surface area contributed by atoms with Gasteiger partial charge in [-0.1, -0.05) is 18.2 Å². The van der Waals surface area contributed by atoms with Crippen molar-refractivity contribution in [3.8, 4) is 6.07 Å². The van der Waals surface area contributed by atoms with E-state index in [-0.39, 0.29) is 0 Å². The third kappa shape index (κ3) is 3.99. The lowest BCUT2D eigenvalue weighted by Crippen LogP contribution is -2.42. The molecule has 2 rings (SSSR count). The van der Waals surface area contributed by atoms with Gasteiger partial charge in [0.2, 0.25) is 0 Å². The van der Waals surface area contributed by atoms with E-state index in [4.69, 9.17) is 4.74 Å². The molecule has 0 aliphatic rings. The van der Waals surface area contributed by atoms with Crippen LogP contribution in [0.25, 0.3) is 0 Å². The van der Waals surface area contributed by atoms with E-state index in [1.54, 1.807) is 67.3 Å². The van der Waals surface area contributed by atoms with Gasteiger partial charge in [-0.25, -0.2) is 4.79 Å². The molecule has 0 aliphatic carbocycles. The molecule has 0 spiro atoms. The van der Waals surface area contributed by atoms with Gasteiger partial charge in [-0.2, -0.15) is 5.26 Å². The summed E-state index contributed by atoms with van der Waals surface area (Å²) in [4.78, 5) is 24.7. The number of carbonyl (C=O) groups is 2. The molecule has 2 atom stereocenters. The average molecular weight is 322 g/mol.